The zero-order valence-electron chi connectivity index (χ0n) is 15.0. The van der Waals surface area contributed by atoms with E-state index in [1.807, 2.05) is 0 Å². The number of benzene rings is 2. The van der Waals surface area contributed by atoms with Gasteiger partial charge in [-0.15, -0.1) is 0 Å². The van der Waals surface area contributed by atoms with E-state index in [0.29, 0.717) is 16.7 Å². The van der Waals surface area contributed by atoms with Crippen molar-refractivity contribution in [2.75, 3.05) is 14.2 Å². The van der Waals surface area contributed by atoms with Crippen molar-refractivity contribution in [1.82, 2.24) is 9.66 Å². The van der Waals surface area contributed by atoms with Gasteiger partial charge in [0.1, 0.15) is 11.4 Å². The van der Waals surface area contributed by atoms with Gasteiger partial charge in [0.25, 0.3) is 5.56 Å². The van der Waals surface area contributed by atoms with Gasteiger partial charge in [-0.2, -0.15) is 9.78 Å². The Morgan fingerprint density at radius 2 is 1.93 bits per heavy atom. The molecule has 1 N–H and O–H groups in total. The van der Waals surface area contributed by atoms with Crippen LogP contribution < -0.4 is 15.0 Å². The smallest absolute Gasteiger partial charge is 0.340 e. The Labute approximate surface area is 154 Å². The maximum Gasteiger partial charge on any atom is 0.340 e. The first-order valence-corrected chi connectivity index (χ1v) is 7.99. The van der Waals surface area contributed by atoms with Gasteiger partial charge in [-0.05, 0) is 31.2 Å². The molecule has 0 unspecified atom stereocenters. The molecule has 0 radical (unpaired) electrons. The lowest BCUT2D eigenvalue weighted by molar-refractivity contribution is 0.0692. The molecule has 1 heterocycles. The van der Waals surface area contributed by atoms with Crippen molar-refractivity contribution in [3.8, 4) is 11.5 Å². The van der Waals surface area contributed by atoms with E-state index < -0.39 is 5.97 Å². The molecule has 138 valence electrons. The molecule has 0 saturated heterocycles. The van der Waals surface area contributed by atoms with Crippen molar-refractivity contribution in [2.24, 2.45) is 5.10 Å². The van der Waals surface area contributed by atoms with Crippen LogP contribution in [-0.2, 0) is 0 Å². The maximum absolute atomic E-state index is 12.7. The summed E-state index contributed by atoms with van der Waals surface area (Å²) < 4.78 is 11.4. The van der Waals surface area contributed by atoms with Gasteiger partial charge in [0.15, 0.2) is 11.5 Å². The number of hydrogen-bond acceptors (Lipinski definition) is 6. The van der Waals surface area contributed by atoms with E-state index in [2.05, 4.69) is 10.1 Å². The highest BCUT2D eigenvalue weighted by atomic mass is 16.5. The van der Waals surface area contributed by atoms with Crippen molar-refractivity contribution < 1.29 is 19.4 Å². The Bertz CT molecular complexity index is 1120. The molecule has 1 aromatic heterocycles. The molecular formula is C19H17N3O5. The minimum atomic E-state index is -1.20. The third-order valence-electron chi connectivity index (χ3n) is 4.02. The Kier molecular flexibility index (Phi) is 4.89. The molecule has 0 saturated carbocycles. The molecule has 0 atom stereocenters. The predicted octanol–water partition coefficient (Wildman–Crippen LogP) is 2.30. The first kappa shape index (κ1) is 18.1. The van der Waals surface area contributed by atoms with Crippen molar-refractivity contribution in [1.29, 1.82) is 0 Å². The normalized spacial score (nSPS) is 11.1. The van der Waals surface area contributed by atoms with Gasteiger partial charge >= 0.3 is 5.97 Å². The Morgan fingerprint density at radius 3 is 2.59 bits per heavy atom. The number of nitrogens with zero attached hydrogens (tertiary/aromatic N) is 3. The second-order valence-corrected chi connectivity index (χ2v) is 5.61. The van der Waals surface area contributed by atoms with E-state index in [-0.39, 0.29) is 28.2 Å². The topological polar surface area (TPSA) is 103 Å². The number of aromatic nitrogens is 2. The monoisotopic (exact) mass is 367 g/mol. The van der Waals surface area contributed by atoms with E-state index in [1.165, 1.54) is 26.5 Å². The standard InChI is InChI=1S/C19H17N3O5/c1-11-21-14-7-5-4-6-13(14)18(23)22(11)20-10-12-8-9-15(26-2)17(27-3)16(12)19(24)25/h4-10H,1-3H3,(H,24,25)/b20-10-. The summed E-state index contributed by atoms with van der Waals surface area (Å²) in [6.07, 6.45) is 1.29. The third-order valence-corrected chi connectivity index (χ3v) is 4.02. The molecule has 0 fully saturated rings. The van der Waals surface area contributed by atoms with Gasteiger partial charge in [0.2, 0.25) is 0 Å². The lowest BCUT2D eigenvalue weighted by Gasteiger charge is -2.12. The number of rotatable bonds is 5. The van der Waals surface area contributed by atoms with Crippen LogP contribution in [0.4, 0.5) is 0 Å². The summed E-state index contributed by atoms with van der Waals surface area (Å²) in [7, 11) is 2.77. The quantitative estimate of drug-likeness (QED) is 0.694. The van der Waals surface area contributed by atoms with Crippen molar-refractivity contribution in [3.05, 3.63) is 63.7 Å². The molecule has 0 amide bonds. The highest BCUT2D eigenvalue weighted by molar-refractivity contribution is 6.01. The minimum absolute atomic E-state index is 0.0784. The largest absolute Gasteiger partial charge is 0.493 e. The van der Waals surface area contributed by atoms with Crippen molar-refractivity contribution in [2.45, 2.75) is 6.92 Å². The Balaban J connectivity index is 2.16. The summed E-state index contributed by atoms with van der Waals surface area (Å²) >= 11 is 0. The summed E-state index contributed by atoms with van der Waals surface area (Å²) in [5, 5.41) is 14.1. The van der Waals surface area contributed by atoms with Gasteiger partial charge < -0.3 is 14.6 Å². The number of carboxylic acid groups (broad SMARTS) is 1. The number of methoxy groups -OCH3 is 2. The van der Waals surface area contributed by atoms with Crippen LogP contribution in [0.5, 0.6) is 11.5 Å². The van der Waals surface area contributed by atoms with Gasteiger partial charge in [-0.3, -0.25) is 4.79 Å². The maximum atomic E-state index is 12.7. The summed E-state index contributed by atoms with van der Waals surface area (Å²) in [5.41, 5.74) is 0.384. The van der Waals surface area contributed by atoms with E-state index in [9.17, 15) is 14.7 Å². The number of carbonyl (C=O) groups is 1. The fourth-order valence-corrected chi connectivity index (χ4v) is 2.76. The molecular weight excluding hydrogens is 350 g/mol. The predicted molar refractivity (Wildman–Crippen MR) is 100 cm³/mol. The second-order valence-electron chi connectivity index (χ2n) is 5.61. The SMILES string of the molecule is COc1ccc(/C=N\n2c(C)nc3ccccc3c2=O)c(C(=O)O)c1OC. The number of carboxylic acids is 1. The molecule has 0 spiro atoms. The van der Waals surface area contributed by atoms with E-state index in [1.54, 1.807) is 37.3 Å². The zero-order valence-corrected chi connectivity index (χ0v) is 15.0. The number of para-hydroxylation sites is 1. The summed E-state index contributed by atoms with van der Waals surface area (Å²) in [4.78, 5) is 28.7. The fourth-order valence-electron chi connectivity index (χ4n) is 2.76. The highest BCUT2D eigenvalue weighted by Crippen LogP contribution is 2.32. The fraction of sp³-hybridized carbons (Fsp3) is 0.158. The van der Waals surface area contributed by atoms with Crippen LogP contribution in [0.3, 0.4) is 0 Å². The van der Waals surface area contributed by atoms with E-state index in [0.717, 1.165) is 4.68 Å². The van der Waals surface area contributed by atoms with Gasteiger partial charge in [0, 0.05) is 5.56 Å². The first-order chi connectivity index (χ1) is 13.0. The molecule has 0 aliphatic heterocycles. The second kappa shape index (κ2) is 7.28. The number of ether oxygens (including phenoxy) is 2. The van der Waals surface area contributed by atoms with Gasteiger partial charge in [-0.25, -0.2) is 9.78 Å². The van der Waals surface area contributed by atoms with Crippen LogP contribution in [0, 0.1) is 6.92 Å². The molecule has 8 heteroatoms. The highest BCUT2D eigenvalue weighted by Gasteiger charge is 2.20. The van der Waals surface area contributed by atoms with Crippen LogP contribution in [-0.4, -0.2) is 41.2 Å². The molecule has 2 aromatic carbocycles. The molecule has 3 aromatic rings. The number of fused-ring (bicyclic) bond motifs is 1. The molecule has 3 rings (SSSR count). The van der Waals surface area contributed by atoms with E-state index in [4.69, 9.17) is 9.47 Å². The van der Waals surface area contributed by atoms with Gasteiger partial charge in [0.05, 0.1) is 31.3 Å². The molecule has 0 aliphatic carbocycles. The average molecular weight is 367 g/mol. The van der Waals surface area contributed by atoms with Crippen LogP contribution >= 0.6 is 0 Å². The lowest BCUT2D eigenvalue weighted by atomic mass is 10.1. The minimum Gasteiger partial charge on any atom is -0.493 e. The third kappa shape index (κ3) is 3.24. The van der Waals surface area contributed by atoms with Crippen molar-refractivity contribution in [3.63, 3.8) is 0 Å². The number of aromatic carboxylic acids is 1. The summed E-state index contributed by atoms with van der Waals surface area (Å²) in [5.74, 6) is -0.456. The first-order valence-electron chi connectivity index (χ1n) is 7.99. The molecule has 0 bridgehead atoms. The average Bonchev–Trinajstić information content (AvgIpc) is 2.66. The van der Waals surface area contributed by atoms with Crippen LogP contribution in [0.1, 0.15) is 21.7 Å². The Hall–Kier alpha value is -3.68. The number of aryl methyl sites for hydroxylation is 1. The van der Waals surface area contributed by atoms with Crippen LogP contribution in [0.25, 0.3) is 10.9 Å². The van der Waals surface area contributed by atoms with Crippen LogP contribution in [0.15, 0.2) is 46.3 Å². The Morgan fingerprint density at radius 1 is 1.19 bits per heavy atom. The molecule has 27 heavy (non-hydrogen) atoms. The van der Waals surface area contributed by atoms with Crippen molar-refractivity contribution >= 4 is 23.1 Å². The van der Waals surface area contributed by atoms with Crippen LogP contribution in [0.2, 0.25) is 0 Å². The summed E-state index contributed by atoms with van der Waals surface area (Å²) in [6.45, 7) is 1.65. The zero-order chi connectivity index (χ0) is 19.6. The molecule has 8 nitrogen and oxygen atoms in total. The van der Waals surface area contributed by atoms with E-state index >= 15 is 0 Å². The summed E-state index contributed by atoms with van der Waals surface area (Å²) in [6, 6.07) is 10.0. The molecule has 0 aliphatic rings. The number of hydrogen-bond donors (Lipinski definition) is 1. The van der Waals surface area contributed by atoms with Gasteiger partial charge in [-0.1, -0.05) is 12.1 Å². The lowest BCUT2D eigenvalue weighted by Crippen LogP contribution is -2.20.